The average molecular weight is 201 g/mol. The molecule has 0 aliphatic heterocycles. The van der Waals surface area contributed by atoms with Crippen molar-refractivity contribution in [1.82, 2.24) is 5.32 Å². The van der Waals surface area contributed by atoms with Crippen molar-refractivity contribution in [2.24, 2.45) is 0 Å². The minimum atomic E-state index is -1.26. The van der Waals surface area contributed by atoms with E-state index in [-0.39, 0.29) is 17.9 Å². The SMILES string of the molecule is CNCC(F)c1cccc(F)c1OC. The zero-order valence-electron chi connectivity index (χ0n) is 8.18. The van der Waals surface area contributed by atoms with Gasteiger partial charge in [-0.25, -0.2) is 8.78 Å². The van der Waals surface area contributed by atoms with E-state index in [0.717, 1.165) is 0 Å². The van der Waals surface area contributed by atoms with Crippen LogP contribution in [0.5, 0.6) is 5.75 Å². The molecule has 1 atom stereocenters. The molecule has 1 aromatic carbocycles. The fraction of sp³-hybridized carbons (Fsp3) is 0.400. The number of rotatable bonds is 4. The molecule has 0 bridgehead atoms. The summed E-state index contributed by atoms with van der Waals surface area (Å²) in [5.74, 6) is -0.556. The van der Waals surface area contributed by atoms with Gasteiger partial charge < -0.3 is 10.1 Å². The summed E-state index contributed by atoms with van der Waals surface area (Å²) in [7, 11) is 2.96. The zero-order chi connectivity index (χ0) is 10.6. The quantitative estimate of drug-likeness (QED) is 0.805. The topological polar surface area (TPSA) is 21.3 Å². The summed E-state index contributed by atoms with van der Waals surface area (Å²) in [6.07, 6.45) is -1.26. The van der Waals surface area contributed by atoms with Gasteiger partial charge in [0.05, 0.1) is 7.11 Å². The molecule has 4 heteroatoms. The maximum absolute atomic E-state index is 13.5. The molecule has 0 aromatic heterocycles. The Morgan fingerprint density at radius 3 is 2.79 bits per heavy atom. The van der Waals surface area contributed by atoms with Crippen molar-refractivity contribution < 1.29 is 13.5 Å². The van der Waals surface area contributed by atoms with Crippen LogP contribution in [0.2, 0.25) is 0 Å². The van der Waals surface area contributed by atoms with Crippen molar-refractivity contribution in [1.29, 1.82) is 0 Å². The summed E-state index contributed by atoms with van der Waals surface area (Å²) in [5, 5.41) is 2.68. The van der Waals surface area contributed by atoms with Gasteiger partial charge in [-0.05, 0) is 13.1 Å². The number of benzene rings is 1. The number of halogens is 2. The minimum absolute atomic E-state index is 0.0183. The molecular weight excluding hydrogens is 188 g/mol. The smallest absolute Gasteiger partial charge is 0.165 e. The molecule has 1 aromatic rings. The first kappa shape index (κ1) is 10.9. The fourth-order valence-electron chi connectivity index (χ4n) is 1.28. The van der Waals surface area contributed by atoms with E-state index in [1.807, 2.05) is 0 Å². The van der Waals surface area contributed by atoms with Crippen LogP contribution in [0.15, 0.2) is 18.2 Å². The van der Waals surface area contributed by atoms with E-state index in [1.54, 1.807) is 7.05 Å². The summed E-state index contributed by atoms with van der Waals surface area (Å²) in [6.45, 7) is 0.139. The van der Waals surface area contributed by atoms with Crippen LogP contribution < -0.4 is 10.1 Å². The predicted molar refractivity (Wildman–Crippen MR) is 50.7 cm³/mol. The third-order valence-corrected chi connectivity index (χ3v) is 1.92. The second-order valence-electron chi connectivity index (χ2n) is 2.89. The number of likely N-dealkylation sites (N-methyl/N-ethyl adjacent to an activating group) is 1. The largest absolute Gasteiger partial charge is 0.493 e. The van der Waals surface area contributed by atoms with Gasteiger partial charge in [0.15, 0.2) is 11.6 Å². The van der Waals surface area contributed by atoms with Gasteiger partial charge in [-0.1, -0.05) is 12.1 Å². The van der Waals surface area contributed by atoms with E-state index in [9.17, 15) is 8.78 Å². The molecule has 78 valence electrons. The van der Waals surface area contributed by atoms with Gasteiger partial charge in [-0.15, -0.1) is 0 Å². The minimum Gasteiger partial charge on any atom is -0.493 e. The van der Waals surface area contributed by atoms with Gasteiger partial charge in [0.2, 0.25) is 0 Å². The standard InChI is InChI=1S/C10H13F2NO/c1-13-6-9(12)7-4-3-5-8(11)10(7)14-2/h3-5,9,13H,6H2,1-2H3. The Hall–Kier alpha value is -1.16. The lowest BCUT2D eigenvalue weighted by Crippen LogP contribution is -2.14. The first-order chi connectivity index (χ1) is 6.70. The Balaban J connectivity index is 3.00. The molecule has 0 aliphatic rings. The summed E-state index contributed by atoms with van der Waals surface area (Å²) < 4.78 is 31.4. The number of methoxy groups -OCH3 is 1. The highest BCUT2D eigenvalue weighted by atomic mass is 19.1. The Morgan fingerprint density at radius 2 is 2.21 bits per heavy atom. The second-order valence-corrected chi connectivity index (χ2v) is 2.89. The van der Waals surface area contributed by atoms with Crippen LogP contribution in [0, 0.1) is 5.82 Å². The number of para-hydroxylation sites is 1. The van der Waals surface area contributed by atoms with Gasteiger partial charge in [-0.3, -0.25) is 0 Å². The lowest BCUT2D eigenvalue weighted by molar-refractivity contribution is 0.311. The molecule has 0 saturated heterocycles. The predicted octanol–water partition coefficient (Wildman–Crippen LogP) is 2.06. The van der Waals surface area contributed by atoms with Gasteiger partial charge in [0.1, 0.15) is 6.17 Å². The number of alkyl halides is 1. The normalized spacial score (nSPS) is 12.6. The van der Waals surface area contributed by atoms with Crippen LogP contribution in [-0.4, -0.2) is 20.7 Å². The van der Waals surface area contributed by atoms with E-state index in [2.05, 4.69) is 5.32 Å². The first-order valence-electron chi connectivity index (χ1n) is 4.31. The van der Waals surface area contributed by atoms with Crippen LogP contribution in [-0.2, 0) is 0 Å². The number of ether oxygens (including phenoxy) is 1. The molecule has 0 radical (unpaired) electrons. The number of hydrogen-bond donors (Lipinski definition) is 1. The van der Waals surface area contributed by atoms with E-state index in [0.29, 0.717) is 0 Å². The second kappa shape index (κ2) is 4.91. The van der Waals surface area contributed by atoms with Crippen molar-refractivity contribution in [2.75, 3.05) is 20.7 Å². The van der Waals surface area contributed by atoms with Gasteiger partial charge in [-0.2, -0.15) is 0 Å². The van der Waals surface area contributed by atoms with E-state index in [4.69, 9.17) is 4.74 Å². The van der Waals surface area contributed by atoms with Crippen molar-refractivity contribution in [3.05, 3.63) is 29.6 Å². The molecule has 0 heterocycles. The van der Waals surface area contributed by atoms with Gasteiger partial charge in [0, 0.05) is 12.1 Å². The average Bonchev–Trinajstić information content (AvgIpc) is 2.17. The molecule has 0 aliphatic carbocycles. The molecule has 0 spiro atoms. The summed E-state index contributed by atoms with van der Waals surface area (Å²) in [4.78, 5) is 0. The van der Waals surface area contributed by atoms with E-state index >= 15 is 0 Å². The lowest BCUT2D eigenvalue weighted by Gasteiger charge is -2.12. The van der Waals surface area contributed by atoms with Crippen LogP contribution in [0.25, 0.3) is 0 Å². The fourth-order valence-corrected chi connectivity index (χ4v) is 1.28. The Kier molecular flexibility index (Phi) is 3.83. The van der Waals surface area contributed by atoms with Crippen molar-refractivity contribution >= 4 is 0 Å². The van der Waals surface area contributed by atoms with Crippen molar-refractivity contribution in [3.8, 4) is 5.75 Å². The molecule has 0 saturated carbocycles. The van der Waals surface area contributed by atoms with Crippen LogP contribution in [0.4, 0.5) is 8.78 Å². The molecule has 1 unspecified atom stereocenters. The molecule has 1 N–H and O–H groups in total. The van der Waals surface area contributed by atoms with Crippen LogP contribution in [0.1, 0.15) is 11.7 Å². The highest BCUT2D eigenvalue weighted by Crippen LogP contribution is 2.29. The molecule has 0 fully saturated rings. The van der Waals surface area contributed by atoms with Crippen LogP contribution in [0.3, 0.4) is 0 Å². The van der Waals surface area contributed by atoms with Crippen LogP contribution >= 0.6 is 0 Å². The zero-order valence-corrected chi connectivity index (χ0v) is 8.18. The molecular formula is C10H13F2NO. The van der Waals surface area contributed by atoms with Gasteiger partial charge >= 0.3 is 0 Å². The lowest BCUT2D eigenvalue weighted by atomic mass is 10.1. The van der Waals surface area contributed by atoms with Crippen molar-refractivity contribution in [2.45, 2.75) is 6.17 Å². The number of nitrogens with one attached hydrogen (secondary N) is 1. The third kappa shape index (κ3) is 2.20. The molecule has 1 rings (SSSR count). The Morgan fingerprint density at radius 1 is 1.50 bits per heavy atom. The van der Waals surface area contributed by atoms with E-state index < -0.39 is 12.0 Å². The maximum Gasteiger partial charge on any atom is 0.165 e. The Labute approximate surface area is 81.9 Å². The first-order valence-corrected chi connectivity index (χ1v) is 4.31. The van der Waals surface area contributed by atoms with Gasteiger partial charge in [0.25, 0.3) is 0 Å². The molecule has 2 nitrogen and oxygen atoms in total. The van der Waals surface area contributed by atoms with Crippen molar-refractivity contribution in [3.63, 3.8) is 0 Å². The third-order valence-electron chi connectivity index (χ3n) is 1.92. The summed E-state index contributed by atoms with van der Waals surface area (Å²) in [5.41, 5.74) is 0.238. The van der Waals surface area contributed by atoms with E-state index in [1.165, 1.54) is 25.3 Å². The maximum atomic E-state index is 13.5. The summed E-state index contributed by atoms with van der Waals surface area (Å²) >= 11 is 0. The highest BCUT2D eigenvalue weighted by Gasteiger charge is 2.16. The highest BCUT2D eigenvalue weighted by molar-refractivity contribution is 5.36. The Bertz CT molecular complexity index is 304. The number of hydrogen-bond acceptors (Lipinski definition) is 2. The summed E-state index contributed by atoms with van der Waals surface area (Å²) in [6, 6.07) is 4.23. The monoisotopic (exact) mass is 201 g/mol. The molecule has 0 amide bonds. The molecule has 14 heavy (non-hydrogen) atoms.